The molecule has 1 N–H and O–H groups in total. The van der Waals surface area contributed by atoms with E-state index >= 15 is 0 Å². The van der Waals surface area contributed by atoms with E-state index < -0.39 is 26.6 Å². The summed E-state index contributed by atoms with van der Waals surface area (Å²) >= 11 is 0. The van der Waals surface area contributed by atoms with E-state index in [9.17, 15) is 19.0 Å². The van der Waals surface area contributed by atoms with Crippen molar-refractivity contribution >= 4 is 19.7 Å². The molecule has 3 unspecified atom stereocenters. The van der Waals surface area contributed by atoms with Crippen molar-refractivity contribution in [2.24, 2.45) is 0 Å². The van der Waals surface area contributed by atoms with Gasteiger partial charge in [0.15, 0.2) is 0 Å². The maximum Gasteiger partial charge on any atom is 0.306 e. The second kappa shape index (κ2) is 58.1. The standard InChI is InChI=1S/C69H123N2O7P/c1-7-10-13-16-19-22-25-28-30-32-33-34-35-36-37-39-40-43-46-49-52-55-58-61-68(72)70-66(65-77-79(74,75)76-64-63-71(4,5)6)67(60-57-54-51-48-45-42-27-24-21-18-15-12-9-3)78-69(73)62-59-56-53-50-47-44-41-38-31-29-26-23-20-17-14-11-8-2/h10,13,19,22,28-31,33-34,36-37,40,43,57,60,66-67H,7-9,11-12,14-18,20-21,23-27,32,35,38-39,41-42,44-56,58-59,61-65H2,1-6H3,(H-,70,72,74,75)/b13-10-,22-19-,30-28-,31-29+,34-33-,37-36-,43-40-,60-57-. The number of amides is 1. The van der Waals surface area contributed by atoms with E-state index in [1.165, 1.54) is 122 Å². The predicted octanol–water partition coefficient (Wildman–Crippen LogP) is 19.7. The highest BCUT2D eigenvalue weighted by Gasteiger charge is 2.27. The molecule has 0 bridgehead atoms. The molecule has 0 aromatic rings. The van der Waals surface area contributed by atoms with E-state index in [-0.39, 0.29) is 31.3 Å². The van der Waals surface area contributed by atoms with Crippen LogP contribution in [0.4, 0.5) is 0 Å². The van der Waals surface area contributed by atoms with Crippen LogP contribution in [0.1, 0.15) is 278 Å². The Labute approximate surface area is 488 Å². The van der Waals surface area contributed by atoms with Crippen LogP contribution in [-0.4, -0.2) is 69.4 Å². The molecule has 10 heteroatoms. The summed E-state index contributed by atoms with van der Waals surface area (Å²) in [5.41, 5.74) is 0. The van der Waals surface area contributed by atoms with Crippen LogP contribution in [0.3, 0.4) is 0 Å². The molecule has 0 heterocycles. The third-order valence-electron chi connectivity index (χ3n) is 14.0. The molecule has 456 valence electrons. The largest absolute Gasteiger partial charge is 0.756 e. The van der Waals surface area contributed by atoms with Crippen LogP contribution in [-0.2, 0) is 27.9 Å². The minimum absolute atomic E-state index is 0.0324. The molecule has 79 heavy (non-hydrogen) atoms. The fraction of sp³-hybridized carbons (Fsp3) is 0.739. The van der Waals surface area contributed by atoms with Gasteiger partial charge in [-0.05, 0) is 109 Å². The lowest BCUT2D eigenvalue weighted by molar-refractivity contribution is -0.870. The molecular formula is C69H123N2O7P. The van der Waals surface area contributed by atoms with Gasteiger partial charge >= 0.3 is 5.97 Å². The van der Waals surface area contributed by atoms with Crippen LogP contribution in [0.5, 0.6) is 0 Å². The van der Waals surface area contributed by atoms with Crippen LogP contribution < -0.4 is 10.2 Å². The monoisotopic (exact) mass is 1120 g/mol. The number of ether oxygens (including phenoxy) is 1. The Kier molecular flexibility index (Phi) is 55.9. The van der Waals surface area contributed by atoms with Gasteiger partial charge in [-0.1, -0.05) is 253 Å². The molecule has 9 nitrogen and oxygen atoms in total. The Morgan fingerprint density at radius 1 is 0.456 bits per heavy atom. The third kappa shape index (κ3) is 59.4. The lowest BCUT2D eigenvalue weighted by Gasteiger charge is -2.30. The summed E-state index contributed by atoms with van der Waals surface area (Å²) < 4.78 is 30.4. The van der Waals surface area contributed by atoms with E-state index in [4.69, 9.17) is 13.8 Å². The van der Waals surface area contributed by atoms with Crippen molar-refractivity contribution in [3.63, 3.8) is 0 Å². The summed E-state index contributed by atoms with van der Waals surface area (Å²) in [4.78, 5) is 40.1. The molecule has 0 saturated carbocycles. The zero-order valence-corrected chi connectivity index (χ0v) is 52.9. The highest BCUT2D eigenvalue weighted by molar-refractivity contribution is 7.45. The number of phosphoric ester groups is 1. The fourth-order valence-electron chi connectivity index (χ4n) is 8.99. The zero-order chi connectivity index (χ0) is 57.9. The predicted molar refractivity (Wildman–Crippen MR) is 339 cm³/mol. The Balaban J connectivity index is 5.30. The number of allylic oxidation sites excluding steroid dienone is 15. The molecule has 0 aromatic heterocycles. The van der Waals surface area contributed by atoms with Crippen molar-refractivity contribution in [2.75, 3.05) is 40.9 Å². The highest BCUT2D eigenvalue weighted by Crippen LogP contribution is 2.38. The molecule has 1 amide bonds. The molecule has 0 saturated heterocycles. The number of nitrogens with zero attached hydrogens (tertiary/aromatic N) is 1. The van der Waals surface area contributed by atoms with E-state index in [2.05, 4.69) is 111 Å². The van der Waals surface area contributed by atoms with Crippen LogP contribution in [0, 0.1) is 0 Å². The topological polar surface area (TPSA) is 114 Å². The molecule has 0 fully saturated rings. The molecule has 0 spiro atoms. The Morgan fingerprint density at radius 3 is 1.23 bits per heavy atom. The van der Waals surface area contributed by atoms with Gasteiger partial charge in [0.25, 0.3) is 7.82 Å². The third-order valence-corrected chi connectivity index (χ3v) is 15.0. The Morgan fingerprint density at radius 2 is 0.810 bits per heavy atom. The van der Waals surface area contributed by atoms with Crippen molar-refractivity contribution < 1.29 is 37.3 Å². The number of likely N-dealkylation sites (N-methyl/N-ethyl adjacent to an activating group) is 1. The van der Waals surface area contributed by atoms with Crippen LogP contribution in [0.2, 0.25) is 0 Å². The summed E-state index contributed by atoms with van der Waals surface area (Å²) in [6.45, 7) is 6.71. The molecule has 0 aliphatic heterocycles. The van der Waals surface area contributed by atoms with Gasteiger partial charge in [-0.15, -0.1) is 0 Å². The average molecular weight is 1120 g/mol. The molecule has 0 aliphatic carbocycles. The van der Waals surface area contributed by atoms with Gasteiger partial charge in [-0.2, -0.15) is 0 Å². The lowest BCUT2D eigenvalue weighted by Crippen LogP contribution is -2.47. The zero-order valence-electron chi connectivity index (χ0n) is 52.1. The number of unbranched alkanes of at least 4 members (excludes halogenated alkanes) is 28. The summed E-state index contributed by atoms with van der Waals surface area (Å²) in [5.74, 6) is -0.575. The van der Waals surface area contributed by atoms with E-state index in [0.717, 1.165) is 116 Å². The van der Waals surface area contributed by atoms with E-state index in [0.29, 0.717) is 17.4 Å². The number of carbonyl (C=O) groups is 2. The first-order valence-corrected chi connectivity index (χ1v) is 34.0. The first-order valence-electron chi connectivity index (χ1n) is 32.5. The Hall–Kier alpha value is -3.07. The van der Waals surface area contributed by atoms with Gasteiger partial charge < -0.3 is 28.5 Å². The number of hydrogen-bond acceptors (Lipinski definition) is 7. The number of esters is 1. The van der Waals surface area contributed by atoms with Gasteiger partial charge in [-0.25, -0.2) is 0 Å². The molecule has 0 aliphatic rings. The van der Waals surface area contributed by atoms with Gasteiger partial charge in [0.1, 0.15) is 19.3 Å². The van der Waals surface area contributed by atoms with Crippen LogP contribution in [0.15, 0.2) is 97.2 Å². The van der Waals surface area contributed by atoms with Crippen molar-refractivity contribution in [1.29, 1.82) is 0 Å². The van der Waals surface area contributed by atoms with E-state index in [1.807, 2.05) is 33.3 Å². The number of phosphoric acid groups is 1. The number of rotatable bonds is 58. The van der Waals surface area contributed by atoms with Gasteiger partial charge in [0.2, 0.25) is 5.91 Å². The number of nitrogens with one attached hydrogen (secondary N) is 1. The molecule has 0 rings (SSSR count). The number of quaternary nitrogens is 1. The summed E-state index contributed by atoms with van der Waals surface area (Å²) in [6.07, 6.45) is 78.0. The summed E-state index contributed by atoms with van der Waals surface area (Å²) in [6, 6.07) is -0.909. The van der Waals surface area contributed by atoms with Crippen LogP contribution >= 0.6 is 7.82 Å². The first-order chi connectivity index (χ1) is 38.4. The van der Waals surface area contributed by atoms with Crippen molar-refractivity contribution in [2.45, 2.75) is 290 Å². The van der Waals surface area contributed by atoms with Crippen molar-refractivity contribution in [1.82, 2.24) is 5.32 Å². The van der Waals surface area contributed by atoms with Gasteiger partial charge in [0, 0.05) is 12.8 Å². The normalized spacial score (nSPS) is 14.3. The Bertz CT molecular complexity index is 1670. The van der Waals surface area contributed by atoms with Crippen molar-refractivity contribution in [3.05, 3.63) is 97.2 Å². The smallest absolute Gasteiger partial charge is 0.306 e. The van der Waals surface area contributed by atoms with Crippen molar-refractivity contribution in [3.8, 4) is 0 Å². The maximum atomic E-state index is 13.6. The first kappa shape index (κ1) is 75.9. The summed E-state index contributed by atoms with van der Waals surface area (Å²) in [7, 11) is 1.16. The quantitative estimate of drug-likeness (QED) is 0.0212. The molecule has 0 aromatic carbocycles. The minimum atomic E-state index is -4.71. The van der Waals surface area contributed by atoms with Gasteiger partial charge in [-0.3, -0.25) is 14.2 Å². The second-order valence-electron chi connectivity index (χ2n) is 22.9. The van der Waals surface area contributed by atoms with Crippen LogP contribution in [0.25, 0.3) is 0 Å². The number of carbonyl (C=O) groups excluding carboxylic acids is 2. The fourth-order valence-corrected chi connectivity index (χ4v) is 9.71. The van der Waals surface area contributed by atoms with Gasteiger partial charge in [0.05, 0.1) is 33.8 Å². The molecule has 3 atom stereocenters. The van der Waals surface area contributed by atoms with E-state index in [1.54, 1.807) is 0 Å². The minimum Gasteiger partial charge on any atom is -0.756 e. The molecule has 0 radical (unpaired) electrons. The SMILES string of the molecule is CC/C=C\C/C=C\C/C=C\C/C=C\C/C=C\C/C=C\CCCCCCC(=O)NC(COP(=O)([O-])OCC[N+](C)(C)C)C(/C=C\CCCCCCCCCCCCC)OC(=O)CCCCCCCCC/C=C/CCCCCCCC. The lowest BCUT2D eigenvalue weighted by atomic mass is 10.0. The molecular weight excluding hydrogens is 1000 g/mol. The highest BCUT2D eigenvalue weighted by atomic mass is 31.2. The second-order valence-corrected chi connectivity index (χ2v) is 24.3. The number of hydrogen-bond donors (Lipinski definition) is 1. The summed E-state index contributed by atoms with van der Waals surface area (Å²) in [5, 5.41) is 3.02. The average Bonchev–Trinajstić information content (AvgIpc) is 3.41. The maximum absolute atomic E-state index is 13.6.